The number of carbonyl (C=O) groups excluding carboxylic acids is 2. The number of esters is 1. The molecule has 2 aromatic carbocycles. The lowest BCUT2D eigenvalue weighted by molar-refractivity contribution is 0.0600. The van der Waals surface area contributed by atoms with Crippen LogP contribution < -0.4 is 10.6 Å². The number of ether oxygens (including phenoxy) is 1. The number of hydrogen-bond acceptors (Lipinski definition) is 5. The molecule has 3 aromatic rings. The van der Waals surface area contributed by atoms with Crippen LogP contribution in [0.25, 0.3) is 0 Å². The number of aryl methyl sites for hydroxylation is 2. The summed E-state index contributed by atoms with van der Waals surface area (Å²) in [6.07, 6.45) is 1.58. The number of amides is 1. The van der Waals surface area contributed by atoms with E-state index in [2.05, 4.69) is 26.4 Å². The highest BCUT2D eigenvalue weighted by molar-refractivity contribution is 6.03. The van der Waals surface area contributed by atoms with Crippen LogP contribution in [0.3, 0.4) is 0 Å². The lowest BCUT2D eigenvalue weighted by atomic mass is 10.1. The Bertz CT molecular complexity index is 994. The molecule has 0 aliphatic heterocycles. The maximum absolute atomic E-state index is 12.5. The van der Waals surface area contributed by atoms with Crippen LogP contribution in [0.4, 0.5) is 17.1 Å². The molecule has 28 heavy (non-hydrogen) atoms. The SMILES string of the molecule is COC(=O)c1ccc(NC(=O)c2cc(Nc3cc(C)cc(C)c3)ccn2)cc1. The summed E-state index contributed by atoms with van der Waals surface area (Å²) in [4.78, 5) is 28.1. The second kappa shape index (κ2) is 8.35. The highest BCUT2D eigenvalue weighted by Gasteiger charge is 2.10. The zero-order valence-corrected chi connectivity index (χ0v) is 15.9. The van der Waals surface area contributed by atoms with Crippen LogP contribution in [-0.2, 0) is 4.74 Å². The van der Waals surface area contributed by atoms with Gasteiger partial charge < -0.3 is 15.4 Å². The van der Waals surface area contributed by atoms with E-state index < -0.39 is 5.97 Å². The van der Waals surface area contributed by atoms with E-state index in [9.17, 15) is 9.59 Å². The Hall–Kier alpha value is -3.67. The molecule has 0 fully saturated rings. The number of anilines is 3. The van der Waals surface area contributed by atoms with Gasteiger partial charge in [0.05, 0.1) is 12.7 Å². The van der Waals surface area contributed by atoms with Gasteiger partial charge in [0.2, 0.25) is 0 Å². The first-order valence-corrected chi connectivity index (χ1v) is 8.76. The number of rotatable bonds is 5. The third kappa shape index (κ3) is 4.73. The van der Waals surface area contributed by atoms with Gasteiger partial charge in [0.15, 0.2) is 0 Å². The third-order valence-electron chi connectivity index (χ3n) is 4.07. The lowest BCUT2D eigenvalue weighted by Gasteiger charge is -2.10. The van der Waals surface area contributed by atoms with Gasteiger partial charge in [0, 0.05) is 23.3 Å². The van der Waals surface area contributed by atoms with E-state index in [1.54, 1.807) is 42.6 Å². The van der Waals surface area contributed by atoms with E-state index in [1.807, 2.05) is 26.0 Å². The first-order valence-electron chi connectivity index (χ1n) is 8.76. The fourth-order valence-electron chi connectivity index (χ4n) is 2.85. The third-order valence-corrected chi connectivity index (χ3v) is 4.07. The van der Waals surface area contributed by atoms with Crippen molar-refractivity contribution < 1.29 is 14.3 Å². The van der Waals surface area contributed by atoms with Gasteiger partial charge in [-0.1, -0.05) is 6.07 Å². The molecule has 2 N–H and O–H groups in total. The van der Waals surface area contributed by atoms with E-state index in [0.29, 0.717) is 11.3 Å². The molecule has 1 heterocycles. The van der Waals surface area contributed by atoms with Gasteiger partial charge in [-0.05, 0) is 73.5 Å². The van der Waals surface area contributed by atoms with E-state index in [0.717, 1.165) is 22.5 Å². The fourth-order valence-corrected chi connectivity index (χ4v) is 2.85. The molecule has 0 aliphatic rings. The van der Waals surface area contributed by atoms with Crippen LogP contribution in [0, 0.1) is 13.8 Å². The number of hydrogen-bond donors (Lipinski definition) is 2. The summed E-state index contributed by atoms with van der Waals surface area (Å²) in [5.41, 5.74) is 5.30. The van der Waals surface area contributed by atoms with E-state index in [1.165, 1.54) is 7.11 Å². The normalized spacial score (nSPS) is 10.2. The first kappa shape index (κ1) is 19.1. The number of nitrogens with one attached hydrogen (secondary N) is 2. The molecule has 0 unspecified atom stereocenters. The molecular weight excluding hydrogens is 354 g/mol. The summed E-state index contributed by atoms with van der Waals surface area (Å²) in [5.74, 6) is -0.764. The minimum absolute atomic E-state index is 0.284. The minimum Gasteiger partial charge on any atom is -0.465 e. The molecule has 0 radical (unpaired) electrons. The van der Waals surface area contributed by atoms with Crippen molar-refractivity contribution in [2.45, 2.75) is 13.8 Å². The number of benzene rings is 2. The number of nitrogens with zero attached hydrogens (tertiary/aromatic N) is 1. The zero-order chi connectivity index (χ0) is 20.1. The molecule has 0 bridgehead atoms. The van der Waals surface area contributed by atoms with Crippen molar-refractivity contribution in [3.8, 4) is 0 Å². The zero-order valence-electron chi connectivity index (χ0n) is 15.9. The molecule has 1 aromatic heterocycles. The molecular formula is C22H21N3O3. The van der Waals surface area contributed by atoms with E-state index in [4.69, 9.17) is 0 Å². The molecule has 0 aliphatic carbocycles. The molecule has 6 nitrogen and oxygen atoms in total. The van der Waals surface area contributed by atoms with Crippen molar-refractivity contribution in [3.63, 3.8) is 0 Å². The summed E-state index contributed by atoms with van der Waals surface area (Å²) >= 11 is 0. The van der Waals surface area contributed by atoms with Crippen molar-refractivity contribution in [2.24, 2.45) is 0 Å². The lowest BCUT2D eigenvalue weighted by Crippen LogP contribution is -2.14. The summed E-state index contributed by atoms with van der Waals surface area (Å²) < 4.78 is 4.66. The van der Waals surface area contributed by atoms with Crippen LogP contribution in [0.5, 0.6) is 0 Å². The van der Waals surface area contributed by atoms with Gasteiger partial charge in [-0.15, -0.1) is 0 Å². The maximum Gasteiger partial charge on any atom is 0.337 e. The molecule has 0 saturated heterocycles. The standard InChI is InChI=1S/C22H21N3O3/c1-14-10-15(2)12-19(11-14)24-18-8-9-23-20(13-18)21(26)25-17-6-4-16(5-7-17)22(27)28-3/h4-13H,1-3H3,(H,23,24)(H,25,26). The van der Waals surface area contributed by atoms with Gasteiger partial charge in [-0.2, -0.15) is 0 Å². The van der Waals surface area contributed by atoms with Crippen molar-refractivity contribution in [1.82, 2.24) is 4.98 Å². The molecule has 0 saturated carbocycles. The fraction of sp³-hybridized carbons (Fsp3) is 0.136. The smallest absolute Gasteiger partial charge is 0.337 e. The molecule has 142 valence electrons. The second-order valence-electron chi connectivity index (χ2n) is 6.45. The predicted molar refractivity (Wildman–Crippen MR) is 109 cm³/mol. The molecule has 3 rings (SSSR count). The number of methoxy groups -OCH3 is 1. The van der Waals surface area contributed by atoms with E-state index >= 15 is 0 Å². The minimum atomic E-state index is -0.426. The Kier molecular flexibility index (Phi) is 5.69. The molecule has 6 heteroatoms. The quantitative estimate of drug-likeness (QED) is 0.643. The predicted octanol–water partition coefficient (Wildman–Crippen LogP) is 4.48. The van der Waals surface area contributed by atoms with Crippen LogP contribution in [0.2, 0.25) is 0 Å². The number of aromatic nitrogens is 1. The maximum atomic E-state index is 12.5. The van der Waals surface area contributed by atoms with Crippen molar-refractivity contribution in [1.29, 1.82) is 0 Å². The van der Waals surface area contributed by atoms with Crippen molar-refractivity contribution >= 4 is 28.9 Å². The Morgan fingerprint density at radius 2 is 1.54 bits per heavy atom. The van der Waals surface area contributed by atoms with Crippen LogP contribution >= 0.6 is 0 Å². The van der Waals surface area contributed by atoms with Crippen molar-refractivity contribution in [2.75, 3.05) is 17.7 Å². The largest absolute Gasteiger partial charge is 0.465 e. The van der Waals surface area contributed by atoms with Crippen molar-refractivity contribution in [3.05, 3.63) is 83.2 Å². The topological polar surface area (TPSA) is 80.3 Å². The Morgan fingerprint density at radius 1 is 0.857 bits per heavy atom. The van der Waals surface area contributed by atoms with Gasteiger partial charge in [0.1, 0.15) is 5.69 Å². The van der Waals surface area contributed by atoms with Gasteiger partial charge >= 0.3 is 5.97 Å². The summed E-state index contributed by atoms with van der Waals surface area (Å²) in [6.45, 7) is 4.07. The summed E-state index contributed by atoms with van der Waals surface area (Å²) in [5, 5.41) is 6.07. The highest BCUT2D eigenvalue weighted by Crippen LogP contribution is 2.20. The first-order chi connectivity index (χ1) is 13.4. The Labute approximate surface area is 163 Å². The van der Waals surface area contributed by atoms with Gasteiger partial charge in [-0.25, -0.2) is 4.79 Å². The summed E-state index contributed by atoms with van der Waals surface area (Å²) in [7, 11) is 1.32. The Morgan fingerprint density at radius 3 is 2.18 bits per heavy atom. The average Bonchev–Trinajstić information content (AvgIpc) is 2.67. The molecule has 0 atom stereocenters. The van der Waals surface area contributed by atoms with E-state index in [-0.39, 0.29) is 11.6 Å². The van der Waals surface area contributed by atoms with Gasteiger partial charge in [0.25, 0.3) is 5.91 Å². The molecule has 1 amide bonds. The highest BCUT2D eigenvalue weighted by atomic mass is 16.5. The monoisotopic (exact) mass is 375 g/mol. The van der Waals surface area contributed by atoms with Crippen LogP contribution in [-0.4, -0.2) is 24.0 Å². The van der Waals surface area contributed by atoms with Gasteiger partial charge in [-0.3, -0.25) is 9.78 Å². The molecule has 0 spiro atoms. The Balaban J connectivity index is 1.72. The summed E-state index contributed by atoms with van der Waals surface area (Å²) in [6, 6.07) is 16.1. The van der Waals surface area contributed by atoms with Crippen LogP contribution in [0.15, 0.2) is 60.8 Å². The second-order valence-corrected chi connectivity index (χ2v) is 6.45. The number of carbonyl (C=O) groups is 2. The number of pyridine rings is 1. The van der Waals surface area contributed by atoms with Crippen LogP contribution in [0.1, 0.15) is 32.0 Å². The average molecular weight is 375 g/mol.